The molecule has 5 N–H and O–H groups in total. The van der Waals surface area contributed by atoms with Crippen molar-refractivity contribution in [2.24, 2.45) is 11.5 Å². The third-order valence-electron chi connectivity index (χ3n) is 8.73. The highest BCUT2D eigenvalue weighted by atomic mass is 16.5. The number of amides is 3. The average Bonchev–Trinajstić information content (AvgIpc) is 3.61. The third-order valence-corrected chi connectivity index (χ3v) is 8.73. The number of nitrogens with one attached hydrogen (secondary N) is 1. The van der Waals surface area contributed by atoms with Crippen molar-refractivity contribution in [2.45, 2.75) is 76.4 Å². The standard InChI is InChI=1S/C32H37N7O5/c1-18(2)39-30(37-31(43)44-39)32(15-19(3)36-17-27(40)38-12-4-5-24(38)16-33)25-10-8-22(28(34)41)13-20(25)6-7-21-14-23(29(35)42)9-11-26(21)32/h8-11,13-14,18-19,24,36H,4-7,12,15,17H2,1-3H3,(H2,34,41)(H2,35,42)/t19-,24+/m1/s1. The Morgan fingerprint density at radius 3 is 2.18 bits per heavy atom. The molecular formula is C32H37N7O5. The Hall–Kier alpha value is -4.76. The zero-order valence-corrected chi connectivity index (χ0v) is 25.1. The number of rotatable bonds is 9. The van der Waals surface area contributed by atoms with E-state index >= 15 is 0 Å². The summed E-state index contributed by atoms with van der Waals surface area (Å²) >= 11 is 0. The summed E-state index contributed by atoms with van der Waals surface area (Å²) in [7, 11) is 0. The Kier molecular flexibility index (Phi) is 8.43. The minimum absolute atomic E-state index is 0.0200. The van der Waals surface area contributed by atoms with E-state index in [1.165, 1.54) is 4.74 Å². The Morgan fingerprint density at radius 2 is 1.66 bits per heavy atom. The van der Waals surface area contributed by atoms with E-state index in [-0.39, 0.29) is 24.5 Å². The summed E-state index contributed by atoms with van der Waals surface area (Å²) in [5.41, 5.74) is 14.2. The number of primary amides is 2. The lowest BCUT2D eigenvalue weighted by atomic mass is 9.67. The number of nitrogens with zero attached hydrogens (tertiary/aromatic N) is 4. The Balaban J connectivity index is 1.69. The summed E-state index contributed by atoms with van der Waals surface area (Å²) < 4.78 is 7.12. The van der Waals surface area contributed by atoms with Gasteiger partial charge < -0.3 is 26.2 Å². The molecule has 1 fully saturated rings. The molecule has 0 bridgehead atoms. The third kappa shape index (κ3) is 5.51. The van der Waals surface area contributed by atoms with Gasteiger partial charge in [-0.15, -0.1) is 0 Å². The predicted octanol–water partition coefficient (Wildman–Crippen LogP) is 1.93. The van der Waals surface area contributed by atoms with Crippen LogP contribution in [-0.4, -0.2) is 57.5 Å². The van der Waals surface area contributed by atoms with Gasteiger partial charge in [0.05, 0.1) is 24.1 Å². The molecule has 0 spiro atoms. The zero-order chi connectivity index (χ0) is 31.8. The van der Waals surface area contributed by atoms with Crippen LogP contribution in [0.5, 0.6) is 0 Å². The summed E-state index contributed by atoms with van der Waals surface area (Å²) in [5, 5.41) is 12.8. The number of nitriles is 1. The second-order valence-electron chi connectivity index (χ2n) is 12.0. The van der Waals surface area contributed by atoms with Crippen LogP contribution < -0.4 is 22.5 Å². The maximum Gasteiger partial charge on any atom is 0.459 e. The smallest absolute Gasteiger partial charge is 0.366 e. The number of hydrogen-bond donors (Lipinski definition) is 3. The summed E-state index contributed by atoms with van der Waals surface area (Å²) in [6, 6.07) is 11.7. The second kappa shape index (κ2) is 12.1. The van der Waals surface area contributed by atoms with Gasteiger partial charge in [-0.2, -0.15) is 15.0 Å². The number of hydrogen-bond acceptors (Lipinski definition) is 8. The van der Waals surface area contributed by atoms with E-state index in [1.807, 2.05) is 32.9 Å². The first kappa shape index (κ1) is 30.7. The maximum absolute atomic E-state index is 13.1. The van der Waals surface area contributed by atoms with Gasteiger partial charge in [0, 0.05) is 23.7 Å². The summed E-state index contributed by atoms with van der Waals surface area (Å²) in [5.74, 6) is -1.68. The van der Waals surface area contributed by atoms with Gasteiger partial charge in [-0.25, -0.2) is 4.79 Å². The van der Waals surface area contributed by atoms with Gasteiger partial charge >= 0.3 is 5.76 Å². The van der Waals surface area contributed by atoms with Crippen LogP contribution in [0, 0.1) is 11.3 Å². The van der Waals surface area contributed by atoms with Gasteiger partial charge in [0.2, 0.25) is 17.7 Å². The van der Waals surface area contributed by atoms with Gasteiger partial charge in [0.25, 0.3) is 0 Å². The first-order valence-corrected chi connectivity index (χ1v) is 14.9. The number of aromatic nitrogens is 2. The van der Waals surface area contributed by atoms with Crippen molar-refractivity contribution in [1.29, 1.82) is 5.26 Å². The van der Waals surface area contributed by atoms with E-state index in [0.29, 0.717) is 49.2 Å². The summed E-state index contributed by atoms with van der Waals surface area (Å²) in [6.07, 6.45) is 2.81. The molecule has 3 amide bonds. The first-order chi connectivity index (χ1) is 21.0. The molecular weight excluding hydrogens is 562 g/mol. The lowest BCUT2D eigenvalue weighted by molar-refractivity contribution is -0.130. The van der Waals surface area contributed by atoms with Crippen LogP contribution in [0.15, 0.2) is 45.7 Å². The molecule has 44 heavy (non-hydrogen) atoms. The van der Waals surface area contributed by atoms with Crippen LogP contribution in [0.25, 0.3) is 0 Å². The summed E-state index contributed by atoms with van der Waals surface area (Å²) in [6.45, 7) is 6.27. The van der Waals surface area contributed by atoms with Crippen molar-refractivity contribution >= 4 is 17.7 Å². The highest BCUT2D eigenvalue weighted by Gasteiger charge is 2.47. The molecule has 12 heteroatoms. The average molecular weight is 600 g/mol. The van der Waals surface area contributed by atoms with E-state index in [0.717, 1.165) is 28.7 Å². The molecule has 12 nitrogen and oxygen atoms in total. The zero-order valence-electron chi connectivity index (χ0n) is 25.1. The molecule has 1 aliphatic carbocycles. The number of nitrogens with two attached hydrogens (primary N) is 2. The van der Waals surface area contributed by atoms with Gasteiger partial charge in [-0.3, -0.25) is 14.4 Å². The molecule has 0 saturated carbocycles. The van der Waals surface area contributed by atoms with Crippen molar-refractivity contribution in [2.75, 3.05) is 13.1 Å². The topological polar surface area (TPSA) is 190 Å². The number of benzene rings is 2. The van der Waals surface area contributed by atoms with Crippen molar-refractivity contribution < 1.29 is 18.9 Å². The van der Waals surface area contributed by atoms with Gasteiger partial charge in [-0.05, 0) is 99.4 Å². The van der Waals surface area contributed by atoms with E-state index in [2.05, 4.69) is 16.4 Å². The number of fused-ring (bicyclic) bond motifs is 2. The highest BCUT2D eigenvalue weighted by Crippen LogP contribution is 2.48. The molecule has 0 unspecified atom stereocenters. The van der Waals surface area contributed by atoms with Crippen LogP contribution in [-0.2, 0) is 23.1 Å². The fourth-order valence-corrected chi connectivity index (χ4v) is 6.72. The minimum atomic E-state index is -1.11. The van der Waals surface area contributed by atoms with Crippen molar-refractivity contribution in [3.63, 3.8) is 0 Å². The molecule has 2 aliphatic rings. The molecule has 3 aromatic rings. The largest absolute Gasteiger partial charge is 0.459 e. The Bertz CT molecular complexity index is 1650. The van der Waals surface area contributed by atoms with E-state index < -0.39 is 29.0 Å². The van der Waals surface area contributed by atoms with Gasteiger partial charge in [0.15, 0.2) is 5.82 Å². The van der Waals surface area contributed by atoms with Crippen LogP contribution in [0.4, 0.5) is 0 Å². The first-order valence-electron chi connectivity index (χ1n) is 14.9. The lowest BCUT2D eigenvalue weighted by Gasteiger charge is -2.38. The monoisotopic (exact) mass is 599 g/mol. The molecule has 1 aliphatic heterocycles. The van der Waals surface area contributed by atoms with Crippen molar-refractivity contribution in [3.05, 3.63) is 86.2 Å². The highest BCUT2D eigenvalue weighted by molar-refractivity contribution is 5.94. The number of aryl methyl sites for hydroxylation is 2. The molecule has 5 rings (SSSR count). The predicted molar refractivity (Wildman–Crippen MR) is 161 cm³/mol. The molecule has 0 radical (unpaired) electrons. The Morgan fingerprint density at radius 1 is 1.07 bits per heavy atom. The Labute approximate surface area is 255 Å². The minimum Gasteiger partial charge on any atom is -0.366 e. The second-order valence-corrected chi connectivity index (χ2v) is 12.0. The van der Waals surface area contributed by atoms with Crippen LogP contribution in [0.2, 0.25) is 0 Å². The van der Waals surface area contributed by atoms with Gasteiger partial charge in [-0.1, -0.05) is 12.1 Å². The lowest BCUT2D eigenvalue weighted by Crippen LogP contribution is -2.46. The SMILES string of the molecule is CC(C)n1oc(=O)nc1C1(C[C@@H](C)NCC(=O)N2CCC[C@H]2C#N)c2ccc(C(N)=O)cc2CCc2cc(C(N)=O)ccc21. The number of carbonyl (C=O) groups excluding carboxylic acids is 3. The molecule has 1 saturated heterocycles. The fourth-order valence-electron chi connectivity index (χ4n) is 6.72. The molecule has 1 aromatic heterocycles. The number of likely N-dealkylation sites (tertiary alicyclic amines) is 1. The van der Waals surface area contributed by atoms with Crippen molar-refractivity contribution in [1.82, 2.24) is 19.9 Å². The van der Waals surface area contributed by atoms with E-state index in [1.54, 1.807) is 29.2 Å². The number of carbonyl (C=O) groups is 3. The van der Waals surface area contributed by atoms with Crippen molar-refractivity contribution in [3.8, 4) is 6.07 Å². The van der Waals surface area contributed by atoms with Gasteiger partial charge in [0.1, 0.15) is 6.04 Å². The fraction of sp³-hybridized carbons (Fsp3) is 0.438. The molecule has 230 valence electrons. The normalized spacial score (nSPS) is 17.8. The quantitative estimate of drug-likeness (QED) is 0.332. The van der Waals surface area contributed by atoms with E-state index in [4.69, 9.17) is 16.0 Å². The van der Waals surface area contributed by atoms with Crippen LogP contribution in [0.1, 0.15) is 94.9 Å². The molecule has 2 atom stereocenters. The molecule has 2 aromatic carbocycles. The maximum atomic E-state index is 13.1. The van der Waals surface area contributed by atoms with Crippen LogP contribution in [0.3, 0.4) is 0 Å². The molecule has 2 heterocycles. The van der Waals surface area contributed by atoms with Crippen LogP contribution >= 0.6 is 0 Å². The van der Waals surface area contributed by atoms with E-state index in [9.17, 15) is 24.4 Å². The summed E-state index contributed by atoms with van der Waals surface area (Å²) in [4.78, 5) is 56.3.